The fraction of sp³-hybridized carbons (Fsp3) is 0.0714. The van der Waals surface area contributed by atoms with E-state index in [2.05, 4.69) is 4.98 Å². The van der Waals surface area contributed by atoms with Gasteiger partial charge >= 0.3 is 11.4 Å². The highest BCUT2D eigenvalue weighted by atomic mass is 16.4. The maximum Gasteiger partial charge on any atom is 0.428 e. The first kappa shape index (κ1) is 11.4. The Bertz CT molecular complexity index is 863. The molecule has 2 aromatic heterocycles. The number of benzene rings is 1. The minimum absolute atomic E-state index is 0.286. The quantitative estimate of drug-likeness (QED) is 0.662. The van der Waals surface area contributed by atoms with Crippen LogP contribution in [0.15, 0.2) is 56.5 Å². The molecule has 3 aromatic rings. The molecule has 5 heteroatoms. The van der Waals surface area contributed by atoms with Crippen LogP contribution in [0.3, 0.4) is 0 Å². The zero-order valence-corrected chi connectivity index (χ0v) is 10.2. The maximum absolute atomic E-state index is 11.9. The summed E-state index contributed by atoms with van der Waals surface area (Å²) in [6.45, 7) is 1.80. The molecule has 0 fully saturated rings. The van der Waals surface area contributed by atoms with Crippen LogP contribution in [-0.4, -0.2) is 9.55 Å². The third-order valence-corrected chi connectivity index (χ3v) is 2.82. The molecule has 0 aliphatic carbocycles. The fourth-order valence-corrected chi connectivity index (χ4v) is 1.94. The number of pyridine rings is 1. The second-order valence-corrected chi connectivity index (χ2v) is 4.15. The smallest absolute Gasteiger partial charge is 0.372 e. The summed E-state index contributed by atoms with van der Waals surface area (Å²) in [6.07, 6.45) is 0. The molecule has 0 unspecified atom stereocenters. The molecule has 0 bridgehead atoms. The molecule has 0 radical (unpaired) electrons. The predicted octanol–water partition coefficient (Wildman–Crippen LogP) is 1.65. The van der Waals surface area contributed by atoms with Crippen LogP contribution in [0.5, 0.6) is 0 Å². The zero-order valence-electron chi connectivity index (χ0n) is 10.2. The lowest BCUT2D eigenvalue weighted by molar-refractivity contribution is 0.443. The van der Waals surface area contributed by atoms with Gasteiger partial charge in [0.1, 0.15) is 5.39 Å². The van der Waals surface area contributed by atoms with E-state index < -0.39 is 11.4 Å². The van der Waals surface area contributed by atoms with Crippen molar-refractivity contribution < 1.29 is 4.42 Å². The molecule has 0 atom stereocenters. The van der Waals surface area contributed by atoms with Crippen molar-refractivity contribution in [3.8, 4) is 5.69 Å². The number of hydrogen-bond donors (Lipinski definition) is 0. The van der Waals surface area contributed by atoms with Gasteiger partial charge in [0, 0.05) is 5.69 Å². The van der Waals surface area contributed by atoms with E-state index in [1.54, 1.807) is 43.3 Å². The van der Waals surface area contributed by atoms with E-state index in [-0.39, 0.29) is 5.39 Å². The van der Waals surface area contributed by atoms with Crippen molar-refractivity contribution in [3.63, 3.8) is 0 Å². The van der Waals surface area contributed by atoms with Crippen LogP contribution in [0.1, 0.15) is 5.69 Å². The molecule has 0 saturated heterocycles. The molecule has 0 amide bonds. The Kier molecular flexibility index (Phi) is 2.52. The molecule has 3 rings (SSSR count). The molecule has 2 heterocycles. The third-order valence-electron chi connectivity index (χ3n) is 2.82. The summed E-state index contributed by atoms with van der Waals surface area (Å²) in [4.78, 5) is 27.9. The molecule has 0 aliphatic rings. The van der Waals surface area contributed by atoms with Crippen molar-refractivity contribution in [1.82, 2.24) is 9.55 Å². The Morgan fingerprint density at radius 1 is 1.05 bits per heavy atom. The molecular formula is C14H10N2O3. The fourth-order valence-electron chi connectivity index (χ4n) is 1.94. The van der Waals surface area contributed by atoms with Gasteiger partial charge in [-0.1, -0.05) is 18.2 Å². The van der Waals surface area contributed by atoms with Gasteiger partial charge in [0.25, 0.3) is 0 Å². The van der Waals surface area contributed by atoms with Gasteiger partial charge < -0.3 is 4.42 Å². The summed E-state index contributed by atoms with van der Waals surface area (Å²) in [7, 11) is 0. The van der Waals surface area contributed by atoms with Gasteiger partial charge in [0.2, 0.25) is 0 Å². The lowest BCUT2D eigenvalue weighted by atomic mass is 10.2. The number of fused-ring (bicyclic) bond motifs is 1. The number of aromatic nitrogens is 2. The van der Waals surface area contributed by atoms with Crippen LogP contribution in [0, 0.1) is 6.92 Å². The maximum atomic E-state index is 11.9. The van der Waals surface area contributed by atoms with E-state index in [0.29, 0.717) is 11.3 Å². The standard InChI is InChI=1S/C14H10N2O3/c1-9-7-8-11-12(15-9)16(14(18)19-13(11)17)10-5-3-2-4-6-10/h2-8H,1H3. The Morgan fingerprint density at radius 2 is 1.79 bits per heavy atom. The zero-order chi connectivity index (χ0) is 13.4. The summed E-state index contributed by atoms with van der Waals surface area (Å²) in [5.41, 5.74) is 0.980. The van der Waals surface area contributed by atoms with Gasteiger partial charge in [-0.3, -0.25) is 0 Å². The Hall–Kier alpha value is -2.69. The molecule has 0 aliphatic heterocycles. The summed E-state index contributed by atoms with van der Waals surface area (Å²) in [5.74, 6) is -0.734. The lowest BCUT2D eigenvalue weighted by Crippen LogP contribution is -2.24. The van der Waals surface area contributed by atoms with E-state index in [9.17, 15) is 9.59 Å². The van der Waals surface area contributed by atoms with E-state index in [1.165, 1.54) is 4.57 Å². The minimum Gasteiger partial charge on any atom is -0.372 e. The number of rotatable bonds is 1. The number of nitrogens with zero attached hydrogens (tertiary/aromatic N) is 2. The van der Waals surface area contributed by atoms with Crippen LogP contribution >= 0.6 is 0 Å². The number of aryl methyl sites for hydroxylation is 1. The summed E-state index contributed by atoms with van der Waals surface area (Å²) in [6, 6.07) is 12.3. The first-order valence-corrected chi connectivity index (χ1v) is 5.76. The van der Waals surface area contributed by atoms with Gasteiger partial charge in [-0.05, 0) is 31.2 Å². The molecule has 94 valence electrons. The van der Waals surface area contributed by atoms with Crippen LogP contribution in [0.25, 0.3) is 16.7 Å². The summed E-state index contributed by atoms with van der Waals surface area (Å²) < 4.78 is 6.02. The van der Waals surface area contributed by atoms with E-state index in [4.69, 9.17) is 4.42 Å². The molecule has 19 heavy (non-hydrogen) atoms. The SMILES string of the molecule is Cc1ccc2c(=O)oc(=O)n(-c3ccccc3)c2n1. The largest absolute Gasteiger partial charge is 0.428 e. The molecule has 0 saturated carbocycles. The summed E-state index contributed by atoms with van der Waals surface area (Å²) >= 11 is 0. The highest BCUT2D eigenvalue weighted by molar-refractivity contribution is 5.75. The van der Waals surface area contributed by atoms with Crippen molar-refractivity contribution in [2.24, 2.45) is 0 Å². The second kappa shape index (κ2) is 4.20. The van der Waals surface area contributed by atoms with Gasteiger partial charge in [-0.2, -0.15) is 0 Å². The van der Waals surface area contributed by atoms with Gasteiger partial charge in [0.15, 0.2) is 5.65 Å². The van der Waals surface area contributed by atoms with Crippen molar-refractivity contribution in [3.05, 3.63) is 69.1 Å². The molecule has 0 spiro atoms. The van der Waals surface area contributed by atoms with Crippen molar-refractivity contribution in [2.75, 3.05) is 0 Å². The Morgan fingerprint density at radius 3 is 2.53 bits per heavy atom. The van der Waals surface area contributed by atoms with Crippen LogP contribution in [0.4, 0.5) is 0 Å². The van der Waals surface area contributed by atoms with Gasteiger partial charge in [-0.15, -0.1) is 0 Å². The van der Waals surface area contributed by atoms with Crippen LogP contribution < -0.4 is 11.4 Å². The Balaban J connectivity index is 2.51. The summed E-state index contributed by atoms with van der Waals surface area (Å²) in [5, 5.41) is 0.286. The average molecular weight is 254 g/mol. The first-order valence-electron chi connectivity index (χ1n) is 5.76. The Labute approximate surface area is 107 Å². The number of hydrogen-bond acceptors (Lipinski definition) is 4. The van der Waals surface area contributed by atoms with Crippen molar-refractivity contribution in [1.29, 1.82) is 0 Å². The van der Waals surface area contributed by atoms with Gasteiger partial charge in [-0.25, -0.2) is 19.1 Å². The van der Waals surface area contributed by atoms with Crippen molar-refractivity contribution in [2.45, 2.75) is 6.92 Å². The minimum atomic E-state index is -0.734. The molecular weight excluding hydrogens is 244 g/mol. The molecule has 1 aromatic carbocycles. The van der Waals surface area contributed by atoms with Crippen molar-refractivity contribution >= 4 is 11.0 Å². The van der Waals surface area contributed by atoms with Crippen LogP contribution in [-0.2, 0) is 0 Å². The highest BCUT2D eigenvalue weighted by Gasteiger charge is 2.12. The first-order chi connectivity index (χ1) is 9.16. The third kappa shape index (κ3) is 1.85. The normalized spacial score (nSPS) is 10.8. The van der Waals surface area contributed by atoms with Crippen LogP contribution in [0.2, 0.25) is 0 Å². The van der Waals surface area contributed by atoms with E-state index in [1.807, 2.05) is 6.07 Å². The average Bonchev–Trinajstić information content (AvgIpc) is 2.39. The predicted molar refractivity (Wildman–Crippen MR) is 70.6 cm³/mol. The molecule has 0 N–H and O–H groups in total. The second-order valence-electron chi connectivity index (χ2n) is 4.15. The van der Waals surface area contributed by atoms with Gasteiger partial charge in [0.05, 0.1) is 5.69 Å². The number of para-hydroxylation sites is 1. The monoisotopic (exact) mass is 254 g/mol. The highest BCUT2D eigenvalue weighted by Crippen LogP contribution is 2.12. The molecule has 5 nitrogen and oxygen atoms in total. The lowest BCUT2D eigenvalue weighted by Gasteiger charge is -2.07. The topological polar surface area (TPSA) is 65.1 Å². The van der Waals surface area contributed by atoms with E-state index >= 15 is 0 Å². The van der Waals surface area contributed by atoms with E-state index in [0.717, 1.165) is 5.69 Å².